The number of aromatic nitrogens is 2. The molecule has 5 heteroatoms. The zero-order valence-electron chi connectivity index (χ0n) is 13.0. The van der Waals surface area contributed by atoms with Gasteiger partial charge in [0.25, 0.3) is 5.91 Å². The molecule has 0 aliphatic carbocycles. The van der Waals surface area contributed by atoms with Gasteiger partial charge in [-0.1, -0.05) is 23.7 Å². The standard InChI is InChI=1S/C19H16ClN3O/c20-18-7-5-17(6-8-18)19(24)23(13-15-3-1-9-21-11-15)14-16-4-2-10-22-12-16/h1-12H,13-14H2. The Kier molecular flexibility index (Phi) is 5.18. The Morgan fingerprint density at radius 1 is 0.875 bits per heavy atom. The number of benzene rings is 1. The first-order valence-corrected chi connectivity index (χ1v) is 7.93. The third-order valence-electron chi connectivity index (χ3n) is 3.57. The zero-order chi connectivity index (χ0) is 16.8. The van der Waals surface area contributed by atoms with E-state index in [4.69, 9.17) is 11.6 Å². The Balaban J connectivity index is 1.85. The van der Waals surface area contributed by atoms with E-state index in [1.807, 2.05) is 24.3 Å². The van der Waals surface area contributed by atoms with Gasteiger partial charge in [0.05, 0.1) is 0 Å². The quantitative estimate of drug-likeness (QED) is 0.707. The van der Waals surface area contributed by atoms with Crippen LogP contribution in [0.1, 0.15) is 21.5 Å². The van der Waals surface area contributed by atoms with Gasteiger partial charge < -0.3 is 4.90 Å². The number of nitrogens with zero attached hydrogens (tertiary/aromatic N) is 3. The van der Waals surface area contributed by atoms with Crippen LogP contribution in [0.15, 0.2) is 73.3 Å². The van der Waals surface area contributed by atoms with E-state index in [0.717, 1.165) is 11.1 Å². The summed E-state index contributed by atoms with van der Waals surface area (Å²) in [6, 6.07) is 14.6. The Morgan fingerprint density at radius 2 is 1.42 bits per heavy atom. The highest BCUT2D eigenvalue weighted by Gasteiger charge is 2.17. The van der Waals surface area contributed by atoms with Crippen molar-refractivity contribution in [2.75, 3.05) is 0 Å². The van der Waals surface area contributed by atoms with Crippen molar-refractivity contribution in [3.05, 3.63) is 95.0 Å². The summed E-state index contributed by atoms with van der Waals surface area (Å²) in [5.41, 5.74) is 2.56. The molecule has 0 unspecified atom stereocenters. The lowest BCUT2D eigenvalue weighted by atomic mass is 10.1. The van der Waals surface area contributed by atoms with E-state index >= 15 is 0 Å². The van der Waals surface area contributed by atoms with Crippen LogP contribution < -0.4 is 0 Å². The van der Waals surface area contributed by atoms with Crippen molar-refractivity contribution in [3.63, 3.8) is 0 Å². The van der Waals surface area contributed by atoms with Crippen LogP contribution in [0.4, 0.5) is 0 Å². The Labute approximate surface area is 145 Å². The highest BCUT2D eigenvalue weighted by molar-refractivity contribution is 6.30. The van der Waals surface area contributed by atoms with Crippen molar-refractivity contribution >= 4 is 17.5 Å². The van der Waals surface area contributed by atoms with Crippen molar-refractivity contribution in [2.45, 2.75) is 13.1 Å². The molecule has 3 rings (SSSR count). The number of rotatable bonds is 5. The molecular formula is C19H16ClN3O. The second-order valence-corrected chi connectivity index (χ2v) is 5.83. The summed E-state index contributed by atoms with van der Waals surface area (Å²) in [4.78, 5) is 22.9. The van der Waals surface area contributed by atoms with Gasteiger partial charge in [0.2, 0.25) is 0 Å². The summed E-state index contributed by atoms with van der Waals surface area (Å²) in [7, 11) is 0. The van der Waals surface area contributed by atoms with E-state index in [-0.39, 0.29) is 5.91 Å². The van der Waals surface area contributed by atoms with Crippen molar-refractivity contribution in [1.82, 2.24) is 14.9 Å². The molecule has 0 fully saturated rings. The molecule has 0 aliphatic heterocycles. The van der Waals surface area contributed by atoms with E-state index in [0.29, 0.717) is 23.7 Å². The molecule has 0 spiro atoms. The monoisotopic (exact) mass is 337 g/mol. The van der Waals surface area contributed by atoms with Gasteiger partial charge >= 0.3 is 0 Å². The summed E-state index contributed by atoms with van der Waals surface area (Å²) in [5, 5.41) is 0.609. The smallest absolute Gasteiger partial charge is 0.254 e. The first kappa shape index (κ1) is 16.1. The molecule has 1 amide bonds. The number of hydrogen-bond donors (Lipinski definition) is 0. The van der Waals surface area contributed by atoms with Crippen molar-refractivity contribution in [3.8, 4) is 0 Å². The number of hydrogen-bond acceptors (Lipinski definition) is 3. The van der Waals surface area contributed by atoms with Crippen LogP contribution in [0.2, 0.25) is 5.02 Å². The summed E-state index contributed by atoms with van der Waals surface area (Å²) in [5.74, 6) is -0.0561. The number of pyridine rings is 2. The minimum absolute atomic E-state index is 0.0561. The maximum absolute atomic E-state index is 12.9. The van der Waals surface area contributed by atoms with Crippen LogP contribution in [-0.2, 0) is 13.1 Å². The van der Waals surface area contributed by atoms with Crippen LogP contribution in [0.5, 0.6) is 0 Å². The van der Waals surface area contributed by atoms with Gasteiger partial charge in [-0.2, -0.15) is 0 Å². The van der Waals surface area contributed by atoms with Crippen LogP contribution in [-0.4, -0.2) is 20.8 Å². The minimum atomic E-state index is -0.0561. The second kappa shape index (κ2) is 7.70. The molecule has 3 aromatic rings. The average Bonchev–Trinajstić information content (AvgIpc) is 2.63. The van der Waals surface area contributed by atoms with E-state index in [2.05, 4.69) is 9.97 Å². The Morgan fingerprint density at radius 3 is 1.88 bits per heavy atom. The summed E-state index contributed by atoms with van der Waals surface area (Å²) >= 11 is 5.91. The predicted octanol–water partition coefficient (Wildman–Crippen LogP) is 3.97. The fraction of sp³-hybridized carbons (Fsp3) is 0.105. The molecule has 120 valence electrons. The lowest BCUT2D eigenvalue weighted by Crippen LogP contribution is -2.30. The molecule has 2 heterocycles. The van der Waals surface area contributed by atoms with Crippen LogP contribution in [0.3, 0.4) is 0 Å². The largest absolute Gasteiger partial charge is 0.330 e. The summed E-state index contributed by atoms with van der Waals surface area (Å²) < 4.78 is 0. The molecule has 1 aromatic carbocycles. The third kappa shape index (κ3) is 4.18. The van der Waals surface area contributed by atoms with Crippen LogP contribution in [0.25, 0.3) is 0 Å². The van der Waals surface area contributed by atoms with Crippen LogP contribution >= 0.6 is 11.6 Å². The van der Waals surface area contributed by atoms with E-state index in [1.54, 1.807) is 54.0 Å². The number of amides is 1. The summed E-state index contributed by atoms with van der Waals surface area (Å²) in [6.45, 7) is 0.953. The molecule has 24 heavy (non-hydrogen) atoms. The Bertz CT molecular complexity index is 750. The van der Waals surface area contributed by atoms with Crippen molar-refractivity contribution in [1.29, 1.82) is 0 Å². The summed E-state index contributed by atoms with van der Waals surface area (Å²) in [6.07, 6.45) is 6.97. The molecule has 0 bridgehead atoms. The van der Waals surface area contributed by atoms with Gasteiger partial charge in [-0.15, -0.1) is 0 Å². The van der Waals surface area contributed by atoms with Crippen LogP contribution in [0, 0.1) is 0 Å². The highest BCUT2D eigenvalue weighted by atomic mass is 35.5. The van der Waals surface area contributed by atoms with E-state index < -0.39 is 0 Å². The second-order valence-electron chi connectivity index (χ2n) is 5.39. The fourth-order valence-electron chi connectivity index (χ4n) is 2.40. The fourth-order valence-corrected chi connectivity index (χ4v) is 2.52. The minimum Gasteiger partial charge on any atom is -0.330 e. The van der Waals surface area contributed by atoms with Crippen molar-refractivity contribution in [2.24, 2.45) is 0 Å². The third-order valence-corrected chi connectivity index (χ3v) is 3.82. The van der Waals surface area contributed by atoms with Gasteiger partial charge in [0.1, 0.15) is 0 Å². The molecule has 0 radical (unpaired) electrons. The molecule has 4 nitrogen and oxygen atoms in total. The molecule has 0 saturated carbocycles. The first-order valence-electron chi connectivity index (χ1n) is 7.55. The van der Waals surface area contributed by atoms with Gasteiger partial charge in [-0.3, -0.25) is 14.8 Å². The average molecular weight is 338 g/mol. The molecule has 2 aromatic heterocycles. The van der Waals surface area contributed by atoms with E-state index in [9.17, 15) is 4.79 Å². The topological polar surface area (TPSA) is 46.1 Å². The number of carbonyl (C=O) groups is 1. The lowest BCUT2D eigenvalue weighted by Gasteiger charge is -2.23. The van der Waals surface area contributed by atoms with Crippen molar-refractivity contribution < 1.29 is 4.79 Å². The maximum Gasteiger partial charge on any atom is 0.254 e. The molecule has 0 aliphatic rings. The van der Waals surface area contributed by atoms with Gasteiger partial charge in [0, 0.05) is 48.5 Å². The van der Waals surface area contributed by atoms with Gasteiger partial charge in [-0.25, -0.2) is 0 Å². The Hall–Kier alpha value is -2.72. The van der Waals surface area contributed by atoms with Gasteiger partial charge in [0.15, 0.2) is 0 Å². The first-order chi connectivity index (χ1) is 11.7. The number of carbonyl (C=O) groups excluding carboxylic acids is 1. The maximum atomic E-state index is 12.9. The lowest BCUT2D eigenvalue weighted by molar-refractivity contribution is 0.0729. The normalized spacial score (nSPS) is 10.4. The zero-order valence-corrected chi connectivity index (χ0v) is 13.7. The van der Waals surface area contributed by atoms with Gasteiger partial charge in [-0.05, 0) is 47.5 Å². The highest BCUT2D eigenvalue weighted by Crippen LogP contribution is 2.15. The number of halogens is 1. The SMILES string of the molecule is O=C(c1ccc(Cl)cc1)N(Cc1cccnc1)Cc1cccnc1. The predicted molar refractivity (Wildman–Crippen MR) is 93.5 cm³/mol. The molecule has 0 saturated heterocycles. The van der Waals surface area contributed by atoms with E-state index in [1.165, 1.54) is 0 Å². The molecular weight excluding hydrogens is 322 g/mol. The molecule has 0 N–H and O–H groups in total. The molecule has 0 atom stereocenters.